The Morgan fingerprint density at radius 1 is 1.06 bits per heavy atom. The molecule has 2 N–H and O–H groups in total. The standard InChI is InChI=1S/C14H29NO/c1-6-9-10-11-14(7-2,8-3)13(4,5)12(15)16/h6-11H2,1-5H3,(H2,15,16). The molecule has 0 atom stereocenters. The number of primary amides is 1. The lowest BCUT2D eigenvalue weighted by Gasteiger charge is -2.44. The molecule has 2 nitrogen and oxygen atoms in total. The molecule has 0 radical (unpaired) electrons. The first-order valence-corrected chi connectivity index (χ1v) is 6.67. The van der Waals surface area contributed by atoms with Crippen molar-refractivity contribution in [3.8, 4) is 0 Å². The first-order chi connectivity index (χ1) is 7.38. The first-order valence-electron chi connectivity index (χ1n) is 6.67. The van der Waals surface area contributed by atoms with E-state index in [1.54, 1.807) is 0 Å². The van der Waals surface area contributed by atoms with Gasteiger partial charge in [-0.05, 0) is 24.7 Å². The van der Waals surface area contributed by atoms with Gasteiger partial charge in [-0.1, -0.05) is 53.9 Å². The number of carbonyl (C=O) groups excluding carboxylic acids is 1. The zero-order valence-corrected chi connectivity index (χ0v) is 11.7. The molecule has 0 rings (SSSR count). The number of unbranched alkanes of at least 4 members (excludes halogenated alkanes) is 2. The van der Waals surface area contributed by atoms with Gasteiger partial charge in [0, 0.05) is 5.41 Å². The zero-order valence-electron chi connectivity index (χ0n) is 11.7. The minimum atomic E-state index is -0.399. The lowest BCUT2D eigenvalue weighted by atomic mass is 9.59. The Kier molecular flexibility index (Phi) is 6.06. The van der Waals surface area contributed by atoms with E-state index in [9.17, 15) is 4.79 Å². The summed E-state index contributed by atoms with van der Waals surface area (Å²) in [6.45, 7) is 10.6. The van der Waals surface area contributed by atoms with Gasteiger partial charge in [-0.3, -0.25) is 4.79 Å². The molecule has 0 aromatic rings. The normalized spacial score (nSPS) is 12.8. The molecule has 0 aromatic carbocycles. The van der Waals surface area contributed by atoms with E-state index in [0.29, 0.717) is 0 Å². The van der Waals surface area contributed by atoms with Crippen molar-refractivity contribution in [1.29, 1.82) is 0 Å². The van der Waals surface area contributed by atoms with Gasteiger partial charge in [0.2, 0.25) is 5.91 Å². The molecule has 0 spiro atoms. The molecule has 0 aliphatic rings. The second-order valence-electron chi connectivity index (χ2n) is 5.43. The fraction of sp³-hybridized carbons (Fsp3) is 0.929. The van der Waals surface area contributed by atoms with Crippen molar-refractivity contribution in [3.63, 3.8) is 0 Å². The summed E-state index contributed by atoms with van der Waals surface area (Å²) in [6, 6.07) is 0. The molecule has 16 heavy (non-hydrogen) atoms. The second kappa shape index (κ2) is 6.27. The highest BCUT2D eigenvalue weighted by molar-refractivity contribution is 5.80. The number of carbonyl (C=O) groups is 1. The maximum Gasteiger partial charge on any atom is 0.223 e. The molecule has 2 heteroatoms. The number of hydrogen-bond acceptors (Lipinski definition) is 1. The van der Waals surface area contributed by atoms with Crippen LogP contribution in [0.1, 0.15) is 73.1 Å². The Hall–Kier alpha value is -0.530. The van der Waals surface area contributed by atoms with E-state index in [1.165, 1.54) is 19.3 Å². The molecule has 0 unspecified atom stereocenters. The lowest BCUT2D eigenvalue weighted by Crippen LogP contribution is -2.46. The van der Waals surface area contributed by atoms with E-state index in [4.69, 9.17) is 5.73 Å². The molecule has 0 saturated heterocycles. The average molecular weight is 227 g/mol. The van der Waals surface area contributed by atoms with Crippen molar-refractivity contribution in [3.05, 3.63) is 0 Å². The molecule has 0 bridgehead atoms. The molecule has 0 aliphatic heterocycles. The molecule has 96 valence electrons. The van der Waals surface area contributed by atoms with Crippen LogP contribution < -0.4 is 5.73 Å². The van der Waals surface area contributed by atoms with Crippen LogP contribution in [0, 0.1) is 10.8 Å². The van der Waals surface area contributed by atoms with Gasteiger partial charge in [-0.2, -0.15) is 0 Å². The van der Waals surface area contributed by atoms with E-state index in [0.717, 1.165) is 19.3 Å². The molecule has 0 aromatic heterocycles. The predicted molar refractivity (Wildman–Crippen MR) is 70.1 cm³/mol. The van der Waals surface area contributed by atoms with Crippen molar-refractivity contribution >= 4 is 5.91 Å². The number of hydrogen-bond donors (Lipinski definition) is 1. The lowest BCUT2D eigenvalue weighted by molar-refractivity contribution is -0.134. The van der Waals surface area contributed by atoms with Crippen LogP contribution in [0.5, 0.6) is 0 Å². The van der Waals surface area contributed by atoms with Gasteiger partial charge in [0.05, 0.1) is 0 Å². The minimum absolute atomic E-state index is 0.0774. The van der Waals surface area contributed by atoms with E-state index >= 15 is 0 Å². The summed E-state index contributed by atoms with van der Waals surface area (Å²) in [6.07, 6.45) is 6.85. The van der Waals surface area contributed by atoms with Gasteiger partial charge >= 0.3 is 0 Å². The molecule has 1 amide bonds. The fourth-order valence-corrected chi connectivity index (χ4v) is 2.77. The van der Waals surface area contributed by atoms with E-state index in [2.05, 4.69) is 20.8 Å². The van der Waals surface area contributed by atoms with Crippen LogP contribution in [0.2, 0.25) is 0 Å². The van der Waals surface area contributed by atoms with Crippen molar-refractivity contribution in [1.82, 2.24) is 0 Å². The van der Waals surface area contributed by atoms with Crippen molar-refractivity contribution in [2.24, 2.45) is 16.6 Å². The van der Waals surface area contributed by atoms with Crippen LogP contribution in [0.25, 0.3) is 0 Å². The number of nitrogens with two attached hydrogens (primary N) is 1. The van der Waals surface area contributed by atoms with Gasteiger partial charge in [-0.15, -0.1) is 0 Å². The number of rotatable bonds is 8. The molecule has 0 aliphatic carbocycles. The molecule has 0 heterocycles. The van der Waals surface area contributed by atoms with Crippen LogP contribution in [0.15, 0.2) is 0 Å². The largest absolute Gasteiger partial charge is 0.369 e. The topological polar surface area (TPSA) is 43.1 Å². The third-order valence-corrected chi connectivity index (χ3v) is 4.55. The van der Waals surface area contributed by atoms with E-state index < -0.39 is 5.41 Å². The Labute approximate surface area is 101 Å². The summed E-state index contributed by atoms with van der Waals surface area (Å²) >= 11 is 0. The fourth-order valence-electron chi connectivity index (χ4n) is 2.77. The molecular formula is C14H29NO. The molecule has 0 fully saturated rings. The van der Waals surface area contributed by atoms with Crippen molar-refractivity contribution in [2.75, 3.05) is 0 Å². The highest BCUT2D eigenvalue weighted by Gasteiger charge is 2.45. The SMILES string of the molecule is CCCCCC(CC)(CC)C(C)(C)C(N)=O. The molecule has 0 saturated carbocycles. The van der Waals surface area contributed by atoms with Crippen LogP contribution >= 0.6 is 0 Å². The summed E-state index contributed by atoms with van der Waals surface area (Å²) in [7, 11) is 0. The van der Waals surface area contributed by atoms with Gasteiger partial charge in [0.15, 0.2) is 0 Å². The maximum atomic E-state index is 11.6. The van der Waals surface area contributed by atoms with Crippen LogP contribution in [-0.4, -0.2) is 5.91 Å². The highest BCUT2D eigenvalue weighted by Crippen LogP contribution is 2.48. The summed E-state index contributed by atoms with van der Waals surface area (Å²) in [5.74, 6) is -0.160. The number of amides is 1. The monoisotopic (exact) mass is 227 g/mol. The first kappa shape index (κ1) is 15.5. The van der Waals surface area contributed by atoms with Gasteiger partial charge in [0.1, 0.15) is 0 Å². The Balaban J connectivity index is 4.86. The van der Waals surface area contributed by atoms with Crippen molar-refractivity contribution < 1.29 is 4.79 Å². The minimum Gasteiger partial charge on any atom is -0.369 e. The van der Waals surface area contributed by atoms with Crippen LogP contribution in [0.4, 0.5) is 0 Å². The Morgan fingerprint density at radius 3 is 1.88 bits per heavy atom. The smallest absolute Gasteiger partial charge is 0.223 e. The van der Waals surface area contributed by atoms with Gasteiger partial charge < -0.3 is 5.73 Å². The average Bonchev–Trinajstić information content (AvgIpc) is 2.24. The van der Waals surface area contributed by atoms with Gasteiger partial charge in [0.25, 0.3) is 0 Å². The van der Waals surface area contributed by atoms with Gasteiger partial charge in [-0.25, -0.2) is 0 Å². The quantitative estimate of drug-likeness (QED) is 0.628. The van der Waals surface area contributed by atoms with E-state index in [1.807, 2.05) is 13.8 Å². The van der Waals surface area contributed by atoms with Crippen LogP contribution in [0.3, 0.4) is 0 Å². The van der Waals surface area contributed by atoms with Crippen molar-refractivity contribution in [2.45, 2.75) is 73.1 Å². The predicted octanol–water partition coefficient (Wildman–Crippen LogP) is 3.88. The van der Waals surface area contributed by atoms with Crippen LogP contribution in [-0.2, 0) is 4.79 Å². The maximum absolute atomic E-state index is 11.6. The Bertz CT molecular complexity index is 217. The summed E-state index contributed by atoms with van der Waals surface area (Å²) in [4.78, 5) is 11.6. The third-order valence-electron chi connectivity index (χ3n) is 4.55. The summed E-state index contributed by atoms with van der Waals surface area (Å²) in [5, 5.41) is 0. The second-order valence-corrected chi connectivity index (χ2v) is 5.43. The highest BCUT2D eigenvalue weighted by atomic mass is 16.1. The summed E-state index contributed by atoms with van der Waals surface area (Å²) < 4.78 is 0. The third kappa shape index (κ3) is 2.99. The Morgan fingerprint density at radius 2 is 1.56 bits per heavy atom. The molecular weight excluding hydrogens is 198 g/mol. The van der Waals surface area contributed by atoms with E-state index in [-0.39, 0.29) is 11.3 Å². The zero-order chi connectivity index (χ0) is 12.8. The summed E-state index contributed by atoms with van der Waals surface area (Å²) in [5.41, 5.74) is 5.25.